The van der Waals surface area contributed by atoms with Crippen molar-refractivity contribution in [3.05, 3.63) is 36.1 Å². The Morgan fingerprint density at radius 2 is 2.06 bits per heavy atom. The van der Waals surface area contributed by atoms with Crippen LogP contribution in [-0.4, -0.2) is 0 Å². The molecule has 0 saturated heterocycles. The number of nitrogens with two attached hydrogens (primary N) is 1. The van der Waals surface area contributed by atoms with E-state index in [0.29, 0.717) is 0 Å². The molecule has 1 saturated carbocycles. The van der Waals surface area contributed by atoms with Crippen molar-refractivity contribution in [2.45, 2.75) is 38.1 Å². The number of furan rings is 1. The number of hydrogen-bond donors (Lipinski definition) is 2. The van der Waals surface area contributed by atoms with Gasteiger partial charge in [0.05, 0.1) is 12.3 Å². The number of benzene rings is 1. The summed E-state index contributed by atoms with van der Waals surface area (Å²) in [6.45, 7) is 0. The quantitative estimate of drug-likeness (QED) is 0.639. The van der Waals surface area contributed by atoms with Gasteiger partial charge in [-0.15, -0.1) is 0 Å². The van der Waals surface area contributed by atoms with Gasteiger partial charge in [-0.3, -0.25) is 11.3 Å². The smallest absolute Gasteiger partial charge is 0.134 e. The first-order valence-electron chi connectivity index (χ1n) is 6.80. The van der Waals surface area contributed by atoms with E-state index in [1.165, 1.54) is 36.6 Å². The van der Waals surface area contributed by atoms with Crippen LogP contribution < -0.4 is 11.3 Å². The van der Waals surface area contributed by atoms with Crippen molar-refractivity contribution in [2.75, 3.05) is 0 Å². The molecule has 0 radical (unpaired) electrons. The zero-order chi connectivity index (χ0) is 12.4. The number of fused-ring (bicyclic) bond motifs is 1. The molecule has 1 aliphatic carbocycles. The molecule has 1 aromatic carbocycles. The Kier molecular flexibility index (Phi) is 3.35. The fourth-order valence-corrected chi connectivity index (χ4v) is 3.13. The van der Waals surface area contributed by atoms with E-state index in [0.717, 1.165) is 17.9 Å². The first kappa shape index (κ1) is 11.8. The standard InChI is InChI=1S/C15H20N2O/c16-17-14(9-11-5-1-2-6-11)13-10-18-15-8-4-3-7-12(13)15/h3-4,7-8,10-11,14,17H,1-2,5-6,9,16H2. The normalized spacial score (nSPS) is 18.5. The van der Waals surface area contributed by atoms with E-state index in [-0.39, 0.29) is 6.04 Å². The van der Waals surface area contributed by atoms with Crippen LogP contribution >= 0.6 is 0 Å². The summed E-state index contributed by atoms with van der Waals surface area (Å²) in [5.41, 5.74) is 5.10. The van der Waals surface area contributed by atoms with Crippen LogP contribution in [-0.2, 0) is 0 Å². The molecule has 3 rings (SSSR count). The highest BCUT2D eigenvalue weighted by Crippen LogP contribution is 2.35. The predicted molar refractivity (Wildman–Crippen MR) is 72.9 cm³/mol. The first-order chi connectivity index (χ1) is 8.88. The fourth-order valence-electron chi connectivity index (χ4n) is 3.13. The van der Waals surface area contributed by atoms with Gasteiger partial charge in [-0.25, -0.2) is 0 Å². The molecule has 1 heterocycles. The van der Waals surface area contributed by atoms with Gasteiger partial charge < -0.3 is 4.42 Å². The predicted octanol–water partition coefficient (Wildman–Crippen LogP) is 3.52. The van der Waals surface area contributed by atoms with Gasteiger partial charge in [-0.2, -0.15) is 0 Å². The third-order valence-electron chi connectivity index (χ3n) is 4.13. The minimum Gasteiger partial charge on any atom is -0.464 e. The van der Waals surface area contributed by atoms with Crippen molar-refractivity contribution in [3.8, 4) is 0 Å². The van der Waals surface area contributed by atoms with Crippen LogP contribution in [0.2, 0.25) is 0 Å². The number of rotatable bonds is 4. The Balaban J connectivity index is 1.86. The van der Waals surface area contributed by atoms with Gasteiger partial charge >= 0.3 is 0 Å². The van der Waals surface area contributed by atoms with Gasteiger partial charge in [0.15, 0.2) is 0 Å². The van der Waals surface area contributed by atoms with Gasteiger partial charge in [0.25, 0.3) is 0 Å². The van der Waals surface area contributed by atoms with Crippen molar-refractivity contribution in [2.24, 2.45) is 11.8 Å². The lowest BCUT2D eigenvalue weighted by molar-refractivity contribution is 0.399. The summed E-state index contributed by atoms with van der Waals surface area (Å²) in [6, 6.07) is 8.36. The van der Waals surface area contributed by atoms with E-state index in [2.05, 4.69) is 11.5 Å². The van der Waals surface area contributed by atoms with Gasteiger partial charge in [0.2, 0.25) is 0 Å². The second-order valence-corrected chi connectivity index (χ2v) is 5.29. The third kappa shape index (κ3) is 2.16. The number of nitrogens with one attached hydrogen (secondary N) is 1. The van der Waals surface area contributed by atoms with E-state index in [1.807, 2.05) is 24.5 Å². The zero-order valence-corrected chi connectivity index (χ0v) is 10.6. The molecule has 2 aromatic rings. The maximum absolute atomic E-state index is 5.74. The summed E-state index contributed by atoms with van der Waals surface area (Å²) in [6.07, 6.45) is 8.38. The van der Waals surface area contributed by atoms with Gasteiger partial charge in [0.1, 0.15) is 5.58 Å². The van der Waals surface area contributed by atoms with E-state index in [9.17, 15) is 0 Å². The van der Waals surface area contributed by atoms with Crippen LogP contribution in [0.15, 0.2) is 34.9 Å². The van der Waals surface area contributed by atoms with Crippen LogP contribution in [0.5, 0.6) is 0 Å². The third-order valence-corrected chi connectivity index (χ3v) is 4.13. The van der Waals surface area contributed by atoms with Crippen molar-refractivity contribution in [3.63, 3.8) is 0 Å². The SMILES string of the molecule is NNC(CC1CCCC1)c1coc2ccccc12. The molecule has 96 valence electrons. The molecule has 0 bridgehead atoms. The monoisotopic (exact) mass is 244 g/mol. The molecule has 3 N–H and O–H groups in total. The number of hydrazine groups is 1. The molecule has 18 heavy (non-hydrogen) atoms. The minimum atomic E-state index is 0.205. The molecule has 0 amide bonds. The summed E-state index contributed by atoms with van der Waals surface area (Å²) in [7, 11) is 0. The Hall–Kier alpha value is -1.32. The lowest BCUT2D eigenvalue weighted by Crippen LogP contribution is -2.29. The van der Waals surface area contributed by atoms with Crippen LogP contribution in [0.3, 0.4) is 0 Å². The van der Waals surface area contributed by atoms with Gasteiger partial charge in [-0.1, -0.05) is 43.9 Å². The van der Waals surface area contributed by atoms with E-state index in [4.69, 9.17) is 10.3 Å². The highest BCUT2D eigenvalue weighted by atomic mass is 16.3. The second-order valence-electron chi connectivity index (χ2n) is 5.29. The van der Waals surface area contributed by atoms with Crippen molar-refractivity contribution < 1.29 is 4.42 Å². The molecule has 1 atom stereocenters. The number of hydrogen-bond acceptors (Lipinski definition) is 3. The van der Waals surface area contributed by atoms with E-state index >= 15 is 0 Å². The molecule has 1 aromatic heterocycles. The molecule has 1 aliphatic rings. The summed E-state index contributed by atoms with van der Waals surface area (Å²) < 4.78 is 5.60. The largest absolute Gasteiger partial charge is 0.464 e. The van der Waals surface area contributed by atoms with E-state index in [1.54, 1.807) is 0 Å². The second kappa shape index (κ2) is 5.12. The highest BCUT2D eigenvalue weighted by Gasteiger charge is 2.22. The maximum atomic E-state index is 5.74. The Bertz CT molecular complexity index is 514. The summed E-state index contributed by atoms with van der Waals surface area (Å²) in [5.74, 6) is 6.55. The Labute approximate surface area is 107 Å². The number of para-hydroxylation sites is 1. The molecule has 0 aliphatic heterocycles. The molecule has 0 spiro atoms. The fraction of sp³-hybridized carbons (Fsp3) is 0.467. The van der Waals surface area contributed by atoms with Crippen LogP contribution in [0.1, 0.15) is 43.7 Å². The Morgan fingerprint density at radius 1 is 1.28 bits per heavy atom. The first-order valence-corrected chi connectivity index (χ1v) is 6.80. The molecular weight excluding hydrogens is 224 g/mol. The van der Waals surface area contributed by atoms with Gasteiger partial charge in [0, 0.05) is 10.9 Å². The van der Waals surface area contributed by atoms with Crippen molar-refractivity contribution in [1.82, 2.24) is 5.43 Å². The molecule has 3 heteroatoms. The molecule has 3 nitrogen and oxygen atoms in total. The van der Waals surface area contributed by atoms with Crippen molar-refractivity contribution >= 4 is 11.0 Å². The van der Waals surface area contributed by atoms with Crippen LogP contribution in [0, 0.1) is 5.92 Å². The van der Waals surface area contributed by atoms with Crippen LogP contribution in [0.4, 0.5) is 0 Å². The molecule has 1 unspecified atom stereocenters. The lowest BCUT2D eigenvalue weighted by atomic mass is 9.94. The summed E-state index contributed by atoms with van der Waals surface area (Å²) in [4.78, 5) is 0. The average molecular weight is 244 g/mol. The summed E-state index contributed by atoms with van der Waals surface area (Å²) in [5, 5.41) is 1.18. The lowest BCUT2D eigenvalue weighted by Gasteiger charge is -2.18. The zero-order valence-electron chi connectivity index (χ0n) is 10.6. The minimum absolute atomic E-state index is 0.205. The maximum Gasteiger partial charge on any atom is 0.134 e. The molecular formula is C15H20N2O. The average Bonchev–Trinajstić information content (AvgIpc) is 3.05. The van der Waals surface area contributed by atoms with Crippen LogP contribution in [0.25, 0.3) is 11.0 Å². The Morgan fingerprint density at radius 3 is 2.83 bits per heavy atom. The van der Waals surface area contributed by atoms with Crippen molar-refractivity contribution in [1.29, 1.82) is 0 Å². The molecule has 1 fully saturated rings. The van der Waals surface area contributed by atoms with Gasteiger partial charge in [-0.05, 0) is 18.4 Å². The topological polar surface area (TPSA) is 51.2 Å². The van der Waals surface area contributed by atoms with E-state index < -0.39 is 0 Å². The summed E-state index contributed by atoms with van der Waals surface area (Å²) >= 11 is 0. The highest BCUT2D eigenvalue weighted by molar-refractivity contribution is 5.81.